The third-order valence-corrected chi connectivity index (χ3v) is 4.57. The van der Waals surface area contributed by atoms with Crippen LogP contribution < -0.4 is 4.72 Å². The van der Waals surface area contributed by atoms with E-state index in [0.29, 0.717) is 0 Å². The van der Waals surface area contributed by atoms with Gasteiger partial charge < -0.3 is 5.11 Å². The number of aliphatic carboxylic acids is 1. The van der Waals surface area contributed by atoms with E-state index < -0.39 is 27.7 Å². The van der Waals surface area contributed by atoms with Gasteiger partial charge in [0.05, 0.1) is 12.1 Å². The van der Waals surface area contributed by atoms with Crippen molar-refractivity contribution in [3.05, 3.63) is 60.2 Å². The van der Waals surface area contributed by atoms with Crippen LogP contribution in [0, 0.1) is 11.7 Å². The fraction of sp³-hybridized carbons (Fsp3) is 0.200. The molecule has 23 heavy (non-hydrogen) atoms. The lowest BCUT2D eigenvalue weighted by molar-refractivity contribution is -0.141. The van der Waals surface area contributed by atoms with E-state index in [0.717, 1.165) is 24.0 Å². The first-order valence-electron chi connectivity index (χ1n) is 6.75. The van der Waals surface area contributed by atoms with Crippen molar-refractivity contribution in [2.45, 2.75) is 11.3 Å². The van der Waals surface area contributed by atoms with E-state index in [2.05, 4.69) is 9.71 Å². The lowest BCUT2D eigenvalue weighted by Gasteiger charge is -2.13. The van der Waals surface area contributed by atoms with Crippen LogP contribution in [-0.4, -0.2) is 31.0 Å². The van der Waals surface area contributed by atoms with Crippen LogP contribution in [0.2, 0.25) is 0 Å². The standard InChI is InChI=1S/C15H15FN2O4S/c16-13-7-14(10-17-9-13)23(21,22)18-8-12(15(19)20)6-11-4-2-1-3-5-11/h1-5,7,9-10,12,18H,6,8H2,(H,19,20). The molecule has 0 aliphatic carbocycles. The Balaban J connectivity index is 2.08. The van der Waals surface area contributed by atoms with E-state index >= 15 is 0 Å². The number of pyridine rings is 1. The van der Waals surface area contributed by atoms with Gasteiger partial charge in [-0.3, -0.25) is 9.78 Å². The number of carboxylic acid groups (broad SMARTS) is 1. The number of halogens is 1. The van der Waals surface area contributed by atoms with Crippen molar-refractivity contribution in [1.82, 2.24) is 9.71 Å². The third kappa shape index (κ3) is 4.83. The molecule has 1 unspecified atom stereocenters. The van der Waals surface area contributed by atoms with Gasteiger partial charge in [-0.05, 0) is 18.1 Å². The van der Waals surface area contributed by atoms with Crippen molar-refractivity contribution in [3.8, 4) is 0 Å². The smallest absolute Gasteiger partial charge is 0.308 e. The summed E-state index contributed by atoms with van der Waals surface area (Å²) >= 11 is 0. The van der Waals surface area contributed by atoms with Crippen LogP contribution in [0.25, 0.3) is 0 Å². The topological polar surface area (TPSA) is 96.4 Å². The van der Waals surface area contributed by atoms with Gasteiger partial charge in [0.25, 0.3) is 0 Å². The Labute approximate surface area is 133 Å². The first-order valence-corrected chi connectivity index (χ1v) is 8.24. The van der Waals surface area contributed by atoms with Gasteiger partial charge in [0.15, 0.2) is 0 Å². The van der Waals surface area contributed by atoms with Gasteiger partial charge in [-0.15, -0.1) is 0 Å². The average Bonchev–Trinajstić information content (AvgIpc) is 2.52. The molecule has 0 spiro atoms. The van der Waals surface area contributed by atoms with Crippen molar-refractivity contribution >= 4 is 16.0 Å². The summed E-state index contributed by atoms with van der Waals surface area (Å²) in [6.07, 6.45) is 2.06. The minimum absolute atomic E-state index is 0.181. The number of carbonyl (C=O) groups is 1. The van der Waals surface area contributed by atoms with Crippen LogP contribution >= 0.6 is 0 Å². The van der Waals surface area contributed by atoms with E-state index in [9.17, 15) is 22.7 Å². The van der Waals surface area contributed by atoms with Crippen LogP contribution in [0.5, 0.6) is 0 Å². The molecule has 0 saturated carbocycles. The molecular formula is C15H15FN2O4S. The monoisotopic (exact) mass is 338 g/mol. The van der Waals surface area contributed by atoms with Crippen LogP contribution in [0.15, 0.2) is 53.7 Å². The molecule has 1 aromatic heterocycles. The number of aromatic nitrogens is 1. The normalized spacial score (nSPS) is 12.7. The largest absolute Gasteiger partial charge is 0.481 e. The van der Waals surface area contributed by atoms with Gasteiger partial charge in [0, 0.05) is 12.7 Å². The highest BCUT2D eigenvalue weighted by Gasteiger charge is 2.22. The second-order valence-electron chi connectivity index (χ2n) is 4.92. The number of sulfonamides is 1. The molecule has 0 fully saturated rings. The second-order valence-corrected chi connectivity index (χ2v) is 6.68. The molecule has 122 valence electrons. The maximum atomic E-state index is 13.1. The molecular weight excluding hydrogens is 323 g/mol. The molecule has 0 bridgehead atoms. The summed E-state index contributed by atoms with van der Waals surface area (Å²) in [6, 6.07) is 9.71. The lowest BCUT2D eigenvalue weighted by atomic mass is 10.00. The minimum Gasteiger partial charge on any atom is -0.481 e. The molecule has 1 aromatic carbocycles. The van der Waals surface area contributed by atoms with E-state index in [4.69, 9.17) is 0 Å². The molecule has 2 N–H and O–H groups in total. The van der Waals surface area contributed by atoms with Crippen LogP contribution in [0.3, 0.4) is 0 Å². The predicted octanol–water partition coefficient (Wildman–Crippen LogP) is 1.44. The zero-order valence-electron chi connectivity index (χ0n) is 12.0. The highest BCUT2D eigenvalue weighted by atomic mass is 32.2. The quantitative estimate of drug-likeness (QED) is 0.796. The molecule has 2 rings (SSSR count). The number of hydrogen-bond acceptors (Lipinski definition) is 4. The van der Waals surface area contributed by atoms with Gasteiger partial charge in [-0.25, -0.2) is 17.5 Å². The summed E-state index contributed by atoms with van der Waals surface area (Å²) in [7, 11) is -4.02. The Morgan fingerprint density at radius 1 is 1.26 bits per heavy atom. The van der Waals surface area contributed by atoms with E-state index in [1.54, 1.807) is 30.3 Å². The lowest BCUT2D eigenvalue weighted by Crippen LogP contribution is -2.34. The Morgan fingerprint density at radius 2 is 1.96 bits per heavy atom. The molecule has 8 heteroatoms. The summed E-state index contributed by atoms with van der Waals surface area (Å²) < 4.78 is 39.4. The molecule has 2 aromatic rings. The average molecular weight is 338 g/mol. The maximum Gasteiger partial charge on any atom is 0.308 e. The summed E-state index contributed by atoms with van der Waals surface area (Å²) in [6.45, 7) is -0.303. The molecule has 1 heterocycles. The van der Waals surface area contributed by atoms with Crippen molar-refractivity contribution in [2.24, 2.45) is 5.92 Å². The Hall–Kier alpha value is -2.32. The van der Waals surface area contributed by atoms with Crippen LogP contribution in [-0.2, 0) is 21.2 Å². The molecule has 0 saturated heterocycles. The van der Waals surface area contributed by atoms with E-state index in [-0.39, 0.29) is 17.9 Å². The molecule has 0 aliphatic heterocycles. The van der Waals surface area contributed by atoms with E-state index in [1.807, 2.05) is 0 Å². The van der Waals surface area contributed by atoms with Gasteiger partial charge in [0.2, 0.25) is 10.0 Å². The minimum atomic E-state index is -4.02. The number of nitrogens with one attached hydrogen (secondary N) is 1. The number of nitrogens with zero attached hydrogens (tertiary/aromatic N) is 1. The highest BCUT2D eigenvalue weighted by molar-refractivity contribution is 7.89. The summed E-state index contributed by atoms with van der Waals surface area (Å²) in [4.78, 5) is 14.4. The second kappa shape index (κ2) is 7.30. The number of carboxylic acids is 1. The highest BCUT2D eigenvalue weighted by Crippen LogP contribution is 2.12. The van der Waals surface area contributed by atoms with Gasteiger partial charge in [-0.2, -0.15) is 0 Å². The molecule has 0 radical (unpaired) electrons. The fourth-order valence-electron chi connectivity index (χ4n) is 1.98. The van der Waals surface area contributed by atoms with Gasteiger partial charge >= 0.3 is 5.97 Å². The molecule has 6 nitrogen and oxygen atoms in total. The molecule has 0 amide bonds. The Kier molecular flexibility index (Phi) is 5.41. The third-order valence-electron chi connectivity index (χ3n) is 3.18. The summed E-state index contributed by atoms with van der Waals surface area (Å²) in [5.41, 5.74) is 0.784. The fourth-order valence-corrected chi connectivity index (χ4v) is 3.03. The van der Waals surface area contributed by atoms with E-state index in [1.165, 1.54) is 0 Å². The maximum absolute atomic E-state index is 13.1. The van der Waals surface area contributed by atoms with Gasteiger partial charge in [0.1, 0.15) is 10.7 Å². The van der Waals surface area contributed by atoms with Crippen molar-refractivity contribution in [2.75, 3.05) is 6.54 Å². The van der Waals surface area contributed by atoms with Crippen LogP contribution in [0.4, 0.5) is 4.39 Å². The molecule has 1 atom stereocenters. The number of benzene rings is 1. The predicted molar refractivity (Wildman–Crippen MR) is 80.7 cm³/mol. The first-order chi connectivity index (χ1) is 10.9. The zero-order chi connectivity index (χ0) is 16.9. The summed E-state index contributed by atoms with van der Waals surface area (Å²) in [5.74, 6) is -2.84. The number of rotatable bonds is 7. The molecule has 0 aliphatic rings. The number of hydrogen-bond donors (Lipinski definition) is 2. The Bertz CT molecular complexity index is 781. The van der Waals surface area contributed by atoms with Crippen LogP contribution in [0.1, 0.15) is 5.56 Å². The zero-order valence-corrected chi connectivity index (χ0v) is 12.8. The van der Waals surface area contributed by atoms with Gasteiger partial charge in [-0.1, -0.05) is 30.3 Å². The first kappa shape index (κ1) is 17.0. The summed E-state index contributed by atoms with van der Waals surface area (Å²) in [5, 5.41) is 9.24. The van der Waals surface area contributed by atoms with Crippen molar-refractivity contribution in [1.29, 1.82) is 0 Å². The van der Waals surface area contributed by atoms with Crippen molar-refractivity contribution < 1.29 is 22.7 Å². The van der Waals surface area contributed by atoms with Crippen molar-refractivity contribution in [3.63, 3.8) is 0 Å². The SMILES string of the molecule is O=C(O)C(CNS(=O)(=O)c1cncc(F)c1)Cc1ccccc1. The Morgan fingerprint density at radius 3 is 2.57 bits per heavy atom.